The number of hydrogen-bond acceptors (Lipinski definition) is 5. The molecule has 0 saturated heterocycles. The highest BCUT2D eigenvalue weighted by molar-refractivity contribution is 7.15. The third-order valence-electron chi connectivity index (χ3n) is 3.18. The van der Waals surface area contributed by atoms with Crippen molar-refractivity contribution in [3.8, 4) is 11.4 Å². The molecule has 0 unspecified atom stereocenters. The Morgan fingerprint density at radius 2 is 2.19 bits per heavy atom. The molecule has 0 aliphatic rings. The van der Waals surface area contributed by atoms with E-state index >= 15 is 0 Å². The Bertz CT molecular complexity index is 903. The van der Waals surface area contributed by atoms with Crippen LogP contribution in [-0.4, -0.2) is 14.4 Å². The summed E-state index contributed by atoms with van der Waals surface area (Å²) in [5.41, 5.74) is 4.26. The van der Waals surface area contributed by atoms with Crippen LogP contribution in [0.15, 0.2) is 47.4 Å². The Hall–Kier alpha value is -2.18. The molecule has 4 rings (SSSR count). The summed E-state index contributed by atoms with van der Waals surface area (Å²) in [7, 11) is 0. The van der Waals surface area contributed by atoms with Crippen LogP contribution in [0.4, 0.5) is 10.8 Å². The highest BCUT2D eigenvalue weighted by Crippen LogP contribution is 2.28. The van der Waals surface area contributed by atoms with Gasteiger partial charge in [0.15, 0.2) is 10.1 Å². The molecule has 104 valence electrons. The van der Waals surface area contributed by atoms with Gasteiger partial charge in [0.05, 0.1) is 11.9 Å². The van der Waals surface area contributed by atoms with Gasteiger partial charge < -0.3 is 5.32 Å². The molecule has 0 radical (unpaired) electrons. The standard InChI is InChI=1S/C15H12N4S2/c1-10-3-2-4-11(7-10)17-14-18-12(9-21-14)13-8-16-15-19(13)5-6-20-15/h2-9H,1H3,(H,17,18). The van der Waals surface area contributed by atoms with E-state index in [1.165, 1.54) is 5.56 Å². The van der Waals surface area contributed by atoms with Crippen molar-refractivity contribution in [2.75, 3.05) is 5.32 Å². The maximum absolute atomic E-state index is 4.66. The smallest absolute Gasteiger partial charge is 0.194 e. The molecule has 3 aromatic heterocycles. The van der Waals surface area contributed by atoms with Crippen molar-refractivity contribution in [1.29, 1.82) is 0 Å². The second-order valence-corrected chi connectivity index (χ2v) is 6.46. The number of benzene rings is 1. The molecule has 6 heteroatoms. The van der Waals surface area contributed by atoms with Gasteiger partial charge in [-0.25, -0.2) is 9.97 Å². The minimum Gasteiger partial charge on any atom is -0.332 e. The number of nitrogens with zero attached hydrogens (tertiary/aromatic N) is 3. The largest absolute Gasteiger partial charge is 0.332 e. The number of aryl methyl sites for hydroxylation is 1. The lowest BCUT2D eigenvalue weighted by Gasteiger charge is -2.02. The number of imidazole rings is 1. The van der Waals surface area contributed by atoms with Gasteiger partial charge >= 0.3 is 0 Å². The third-order valence-corrected chi connectivity index (χ3v) is 4.71. The van der Waals surface area contributed by atoms with Crippen LogP contribution in [0.25, 0.3) is 16.3 Å². The van der Waals surface area contributed by atoms with E-state index in [1.807, 2.05) is 29.9 Å². The zero-order chi connectivity index (χ0) is 14.2. The molecule has 0 aliphatic heterocycles. The fraction of sp³-hybridized carbons (Fsp3) is 0.0667. The van der Waals surface area contributed by atoms with E-state index < -0.39 is 0 Å². The SMILES string of the molecule is Cc1cccc(Nc2nc(-c3cnc4sccn34)cs2)c1. The van der Waals surface area contributed by atoms with Gasteiger partial charge in [-0.05, 0) is 24.6 Å². The normalized spacial score (nSPS) is 11.1. The van der Waals surface area contributed by atoms with Crippen LogP contribution in [0, 0.1) is 6.92 Å². The Kier molecular flexibility index (Phi) is 2.98. The van der Waals surface area contributed by atoms with Gasteiger partial charge in [0, 0.05) is 22.6 Å². The van der Waals surface area contributed by atoms with Crippen LogP contribution in [0.2, 0.25) is 0 Å². The van der Waals surface area contributed by atoms with E-state index in [9.17, 15) is 0 Å². The summed E-state index contributed by atoms with van der Waals surface area (Å²) in [5, 5.41) is 8.33. The molecular weight excluding hydrogens is 300 g/mol. The lowest BCUT2D eigenvalue weighted by Crippen LogP contribution is -1.90. The maximum Gasteiger partial charge on any atom is 0.194 e. The second kappa shape index (κ2) is 4.98. The van der Waals surface area contributed by atoms with Crippen LogP contribution in [0.1, 0.15) is 5.56 Å². The lowest BCUT2D eigenvalue weighted by molar-refractivity contribution is 1.21. The first kappa shape index (κ1) is 12.6. The molecule has 0 amide bonds. The Balaban J connectivity index is 1.65. The van der Waals surface area contributed by atoms with E-state index in [2.05, 4.69) is 44.1 Å². The first-order valence-electron chi connectivity index (χ1n) is 6.50. The van der Waals surface area contributed by atoms with Crippen LogP contribution in [-0.2, 0) is 0 Å². The summed E-state index contributed by atoms with van der Waals surface area (Å²) >= 11 is 3.23. The number of fused-ring (bicyclic) bond motifs is 1. The lowest BCUT2D eigenvalue weighted by atomic mass is 10.2. The van der Waals surface area contributed by atoms with Crippen LogP contribution in [0.5, 0.6) is 0 Å². The highest BCUT2D eigenvalue weighted by Gasteiger charge is 2.10. The molecule has 1 N–H and O–H groups in total. The quantitative estimate of drug-likeness (QED) is 0.602. The fourth-order valence-corrected chi connectivity index (χ4v) is 3.63. The Labute approximate surface area is 129 Å². The molecule has 21 heavy (non-hydrogen) atoms. The van der Waals surface area contributed by atoms with Crippen molar-refractivity contribution in [3.63, 3.8) is 0 Å². The van der Waals surface area contributed by atoms with Crippen molar-refractivity contribution in [2.45, 2.75) is 6.92 Å². The van der Waals surface area contributed by atoms with Crippen molar-refractivity contribution >= 4 is 38.5 Å². The molecule has 3 heterocycles. The number of rotatable bonds is 3. The van der Waals surface area contributed by atoms with Crippen LogP contribution < -0.4 is 5.32 Å². The second-order valence-electron chi connectivity index (χ2n) is 4.73. The average Bonchev–Trinajstić information content (AvgIpc) is 3.14. The highest BCUT2D eigenvalue weighted by atomic mass is 32.1. The molecule has 0 spiro atoms. The molecule has 1 aromatic carbocycles. The van der Waals surface area contributed by atoms with Crippen LogP contribution in [0.3, 0.4) is 0 Å². The molecule has 0 saturated carbocycles. The van der Waals surface area contributed by atoms with E-state index in [0.717, 1.165) is 27.2 Å². The summed E-state index contributed by atoms with van der Waals surface area (Å²) in [6.07, 6.45) is 3.90. The summed E-state index contributed by atoms with van der Waals surface area (Å²) in [5.74, 6) is 0. The van der Waals surface area contributed by atoms with Gasteiger partial charge in [-0.15, -0.1) is 22.7 Å². The summed E-state index contributed by atoms with van der Waals surface area (Å²) in [4.78, 5) is 10.0. The van der Waals surface area contributed by atoms with Crippen LogP contribution >= 0.6 is 22.7 Å². The van der Waals surface area contributed by atoms with Crippen molar-refractivity contribution in [2.24, 2.45) is 0 Å². The first-order valence-corrected chi connectivity index (χ1v) is 8.26. The summed E-state index contributed by atoms with van der Waals surface area (Å²) < 4.78 is 2.07. The van der Waals surface area contributed by atoms with Gasteiger partial charge in [-0.1, -0.05) is 12.1 Å². The maximum atomic E-state index is 4.66. The third kappa shape index (κ3) is 2.32. The zero-order valence-corrected chi connectivity index (χ0v) is 12.9. The topological polar surface area (TPSA) is 42.2 Å². The monoisotopic (exact) mass is 312 g/mol. The molecule has 4 nitrogen and oxygen atoms in total. The number of hydrogen-bond donors (Lipinski definition) is 1. The number of nitrogens with one attached hydrogen (secondary N) is 1. The van der Waals surface area contributed by atoms with E-state index in [-0.39, 0.29) is 0 Å². The fourth-order valence-electron chi connectivity index (χ4n) is 2.21. The summed E-state index contributed by atoms with van der Waals surface area (Å²) in [6.45, 7) is 2.08. The zero-order valence-electron chi connectivity index (χ0n) is 11.3. The van der Waals surface area contributed by atoms with Gasteiger partial charge in [-0.3, -0.25) is 4.40 Å². The van der Waals surface area contributed by atoms with E-state index in [1.54, 1.807) is 22.7 Å². The molecular formula is C15H12N4S2. The Morgan fingerprint density at radius 3 is 3.10 bits per heavy atom. The average molecular weight is 312 g/mol. The van der Waals surface area contributed by atoms with Crippen molar-refractivity contribution in [3.05, 3.63) is 53.0 Å². The Morgan fingerprint density at radius 1 is 1.24 bits per heavy atom. The molecule has 0 aliphatic carbocycles. The predicted molar refractivity (Wildman–Crippen MR) is 88.6 cm³/mol. The molecule has 0 bridgehead atoms. The first-order chi connectivity index (χ1) is 10.3. The summed E-state index contributed by atoms with van der Waals surface area (Å²) in [6, 6.07) is 8.27. The molecule has 0 atom stereocenters. The number of anilines is 2. The van der Waals surface area contributed by atoms with Crippen molar-refractivity contribution in [1.82, 2.24) is 14.4 Å². The van der Waals surface area contributed by atoms with Crippen molar-refractivity contribution < 1.29 is 0 Å². The minimum absolute atomic E-state index is 0.890. The van der Waals surface area contributed by atoms with Gasteiger partial charge in [-0.2, -0.15) is 0 Å². The van der Waals surface area contributed by atoms with Gasteiger partial charge in [0.2, 0.25) is 0 Å². The molecule has 0 fully saturated rings. The molecule has 4 aromatic rings. The van der Waals surface area contributed by atoms with Gasteiger partial charge in [0.25, 0.3) is 0 Å². The minimum atomic E-state index is 0.890. The predicted octanol–water partition coefficient (Wildman–Crippen LogP) is 4.57. The van der Waals surface area contributed by atoms with E-state index in [0.29, 0.717) is 0 Å². The van der Waals surface area contributed by atoms with Gasteiger partial charge in [0.1, 0.15) is 5.69 Å². The number of thiazole rings is 2. The van der Waals surface area contributed by atoms with E-state index in [4.69, 9.17) is 0 Å². The number of aromatic nitrogens is 3.